The number of aliphatic imine (C=N–C) groups is 1. The molecule has 2 unspecified atom stereocenters. The van der Waals surface area contributed by atoms with Crippen molar-refractivity contribution >= 4 is 11.9 Å². The van der Waals surface area contributed by atoms with Gasteiger partial charge in [-0.1, -0.05) is 12.1 Å². The van der Waals surface area contributed by atoms with Crippen molar-refractivity contribution < 1.29 is 18.3 Å². The van der Waals surface area contributed by atoms with Crippen LogP contribution in [0.1, 0.15) is 19.4 Å². The molecule has 4 N–H and O–H groups in total. The third-order valence-electron chi connectivity index (χ3n) is 4.32. The van der Waals surface area contributed by atoms with Crippen LogP contribution in [-0.2, 0) is 11.2 Å². The third-order valence-corrected chi connectivity index (χ3v) is 4.32. The summed E-state index contributed by atoms with van der Waals surface area (Å²) < 4.78 is 31.8. The van der Waals surface area contributed by atoms with E-state index in [4.69, 9.17) is 10.5 Å². The maximum Gasteiger partial charge on any atom is 0.222 e. The molecule has 162 valence electrons. The van der Waals surface area contributed by atoms with Crippen molar-refractivity contribution in [2.75, 3.05) is 19.6 Å². The van der Waals surface area contributed by atoms with Gasteiger partial charge in [0.25, 0.3) is 0 Å². The molecule has 0 fully saturated rings. The van der Waals surface area contributed by atoms with E-state index in [9.17, 15) is 13.6 Å². The monoisotopic (exact) mass is 418 g/mol. The van der Waals surface area contributed by atoms with Crippen LogP contribution < -0.4 is 21.1 Å². The number of rotatable bonds is 10. The first-order chi connectivity index (χ1) is 14.4. The van der Waals surface area contributed by atoms with Crippen LogP contribution in [0.25, 0.3) is 0 Å². The quantitative estimate of drug-likeness (QED) is 0.409. The van der Waals surface area contributed by atoms with E-state index in [1.807, 2.05) is 13.8 Å². The van der Waals surface area contributed by atoms with E-state index in [0.717, 1.165) is 5.56 Å². The summed E-state index contributed by atoms with van der Waals surface area (Å²) in [7, 11) is 0. The molecule has 1 amide bonds. The summed E-state index contributed by atoms with van der Waals surface area (Å²) in [6.07, 6.45) is 0.174. The molecule has 0 aliphatic heterocycles. The molecule has 0 spiro atoms. The minimum absolute atomic E-state index is 0.190. The molecule has 30 heavy (non-hydrogen) atoms. The molecule has 0 saturated heterocycles. The molecule has 6 nitrogen and oxygen atoms in total. The SMILES string of the molecule is CCNC(=NCC(Cc1ccc(F)cc1)C(N)=O)NCC(C)Oc1ccc(F)cc1. The largest absolute Gasteiger partial charge is 0.489 e. The molecule has 0 aliphatic rings. The minimum atomic E-state index is -0.515. The summed E-state index contributed by atoms with van der Waals surface area (Å²) in [5, 5.41) is 6.26. The van der Waals surface area contributed by atoms with E-state index in [0.29, 0.717) is 31.2 Å². The third kappa shape index (κ3) is 8.06. The van der Waals surface area contributed by atoms with Gasteiger partial charge in [-0.2, -0.15) is 0 Å². The van der Waals surface area contributed by atoms with Crippen molar-refractivity contribution in [2.45, 2.75) is 26.4 Å². The summed E-state index contributed by atoms with van der Waals surface area (Å²) in [5.74, 6) is -0.536. The first kappa shape index (κ1) is 23.1. The van der Waals surface area contributed by atoms with Gasteiger partial charge in [-0.25, -0.2) is 8.78 Å². The molecule has 0 heterocycles. The lowest BCUT2D eigenvalue weighted by molar-refractivity contribution is -0.121. The normalized spacial score (nSPS) is 13.4. The summed E-state index contributed by atoms with van der Waals surface area (Å²) in [6.45, 7) is 5.08. The average Bonchev–Trinajstić information content (AvgIpc) is 2.72. The number of primary amides is 1. The number of hydrogen-bond acceptors (Lipinski definition) is 3. The fraction of sp³-hybridized carbons (Fsp3) is 0.364. The van der Waals surface area contributed by atoms with Gasteiger partial charge in [-0.3, -0.25) is 9.79 Å². The highest BCUT2D eigenvalue weighted by molar-refractivity contribution is 5.81. The Labute approximate surface area is 175 Å². The summed E-state index contributed by atoms with van der Waals surface area (Å²) in [4.78, 5) is 16.3. The zero-order chi connectivity index (χ0) is 21.9. The van der Waals surface area contributed by atoms with Gasteiger partial charge in [0.1, 0.15) is 23.5 Å². The highest BCUT2D eigenvalue weighted by Crippen LogP contribution is 2.13. The van der Waals surface area contributed by atoms with Crippen LogP contribution >= 0.6 is 0 Å². The number of amides is 1. The Morgan fingerprint density at radius 1 is 1.07 bits per heavy atom. The second-order valence-corrected chi connectivity index (χ2v) is 6.91. The second-order valence-electron chi connectivity index (χ2n) is 6.91. The van der Waals surface area contributed by atoms with Crippen molar-refractivity contribution in [1.82, 2.24) is 10.6 Å². The molecular weight excluding hydrogens is 390 g/mol. The van der Waals surface area contributed by atoms with Gasteiger partial charge in [0.2, 0.25) is 5.91 Å². The maximum absolute atomic E-state index is 13.1. The van der Waals surface area contributed by atoms with Gasteiger partial charge >= 0.3 is 0 Å². The van der Waals surface area contributed by atoms with Gasteiger partial charge in [0.15, 0.2) is 5.96 Å². The number of nitrogens with one attached hydrogen (secondary N) is 2. The molecule has 8 heteroatoms. The van der Waals surface area contributed by atoms with Crippen molar-refractivity contribution in [1.29, 1.82) is 0 Å². The Balaban J connectivity index is 1.92. The van der Waals surface area contributed by atoms with Crippen LogP contribution in [0.15, 0.2) is 53.5 Å². The number of ether oxygens (including phenoxy) is 1. The van der Waals surface area contributed by atoms with E-state index >= 15 is 0 Å². The Morgan fingerprint density at radius 2 is 1.67 bits per heavy atom. The average molecular weight is 418 g/mol. The molecule has 2 aromatic carbocycles. The van der Waals surface area contributed by atoms with Gasteiger partial charge in [-0.15, -0.1) is 0 Å². The predicted octanol–water partition coefficient (Wildman–Crippen LogP) is 2.63. The Bertz CT molecular complexity index is 826. The number of guanidine groups is 1. The Hall–Kier alpha value is -3.16. The van der Waals surface area contributed by atoms with E-state index in [1.54, 1.807) is 24.3 Å². The Kier molecular flexibility index (Phi) is 9.05. The minimum Gasteiger partial charge on any atom is -0.489 e. The van der Waals surface area contributed by atoms with Crippen molar-refractivity contribution in [2.24, 2.45) is 16.6 Å². The lowest BCUT2D eigenvalue weighted by Gasteiger charge is -2.18. The maximum atomic E-state index is 13.1. The zero-order valence-electron chi connectivity index (χ0n) is 17.2. The standard InChI is InChI=1S/C22H28F2N4O2/c1-3-26-22(27-13-15(2)30-20-10-8-19(24)9-11-20)28-14-17(21(25)29)12-16-4-6-18(23)7-5-16/h4-11,15,17H,3,12-14H2,1-2H3,(H2,25,29)(H2,26,27,28). The zero-order valence-corrected chi connectivity index (χ0v) is 17.2. The lowest BCUT2D eigenvalue weighted by atomic mass is 9.99. The van der Waals surface area contributed by atoms with Gasteiger partial charge in [0.05, 0.1) is 19.0 Å². The molecule has 2 atom stereocenters. The molecule has 0 saturated carbocycles. The topological polar surface area (TPSA) is 88.7 Å². The number of carbonyl (C=O) groups is 1. The smallest absolute Gasteiger partial charge is 0.222 e. The number of nitrogens with two attached hydrogens (primary N) is 1. The molecular formula is C22H28F2N4O2. The van der Waals surface area contributed by atoms with Gasteiger partial charge < -0.3 is 21.1 Å². The summed E-state index contributed by atoms with van der Waals surface area (Å²) >= 11 is 0. The molecule has 0 bridgehead atoms. The van der Waals surface area contributed by atoms with Crippen LogP contribution in [0.3, 0.4) is 0 Å². The molecule has 0 aromatic heterocycles. The fourth-order valence-electron chi connectivity index (χ4n) is 2.73. The van der Waals surface area contributed by atoms with E-state index in [1.165, 1.54) is 24.3 Å². The fourth-order valence-corrected chi connectivity index (χ4v) is 2.73. The van der Waals surface area contributed by atoms with Crippen LogP contribution in [0, 0.1) is 17.6 Å². The first-order valence-electron chi connectivity index (χ1n) is 9.85. The molecule has 0 aliphatic carbocycles. The van der Waals surface area contributed by atoms with Crippen LogP contribution in [0.2, 0.25) is 0 Å². The van der Waals surface area contributed by atoms with Crippen molar-refractivity contribution in [3.8, 4) is 5.75 Å². The van der Waals surface area contributed by atoms with Gasteiger partial charge in [-0.05, 0) is 62.2 Å². The van der Waals surface area contributed by atoms with E-state index in [2.05, 4.69) is 15.6 Å². The van der Waals surface area contributed by atoms with Crippen LogP contribution in [0.5, 0.6) is 5.75 Å². The molecule has 2 aromatic rings. The lowest BCUT2D eigenvalue weighted by Crippen LogP contribution is -2.42. The second kappa shape index (κ2) is 11.7. The van der Waals surface area contributed by atoms with Gasteiger partial charge in [0, 0.05) is 6.54 Å². The van der Waals surface area contributed by atoms with Crippen LogP contribution in [-0.4, -0.2) is 37.6 Å². The number of hydrogen-bond donors (Lipinski definition) is 3. The number of halogens is 2. The molecule has 0 radical (unpaired) electrons. The predicted molar refractivity (Wildman–Crippen MR) is 113 cm³/mol. The van der Waals surface area contributed by atoms with Crippen LogP contribution in [0.4, 0.5) is 8.78 Å². The van der Waals surface area contributed by atoms with E-state index in [-0.39, 0.29) is 24.3 Å². The number of carbonyl (C=O) groups excluding carboxylic acids is 1. The highest BCUT2D eigenvalue weighted by atomic mass is 19.1. The Morgan fingerprint density at radius 3 is 2.23 bits per heavy atom. The first-order valence-corrected chi connectivity index (χ1v) is 9.85. The number of benzene rings is 2. The summed E-state index contributed by atoms with van der Waals surface area (Å²) in [5.41, 5.74) is 6.34. The van der Waals surface area contributed by atoms with Crippen molar-refractivity contribution in [3.63, 3.8) is 0 Å². The molecule has 2 rings (SSSR count). The number of nitrogens with zero attached hydrogens (tertiary/aromatic N) is 1. The summed E-state index contributed by atoms with van der Waals surface area (Å²) in [6, 6.07) is 11.8. The van der Waals surface area contributed by atoms with E-state index < -0.39 is 11.8 Å². The van der Waals surface area contributed by atoms with Crippen molar-refractivity contribution in [3.05, 3.63) is 65.7 Å². The highest BCUT2D eigenvalue weighted by Gasteiger charge is 2.16.